The molecule has 0 saturated carbocycles. The number of thiazole rings is 1. The molecular weight excluding hydrogens is 394 g/mol. The molecule has 0 aliphatic carbocycles. The maximum Gasteiger partial charge on any atom is 0.139 e. The Hall–Kier alpha value is -2.83. The molecule has 5 nitrogen and oxygen atoms in total. The van der Waals surface area contributed by atoms with Crippen LogP contribution in [0.1, 0.15) is 16.1 Å². The van der Waals surface area contributed by atoms with Gasteiger partial charge in [0, 0.05) is 16.0 Å². The van der Waals surface area contributed by atoms with E-state index in [1.54, 1.807) is 12.1 Å². The molecular formula is C21H18ClN3O2S. The van der Waals surface area contributed by atoms with E-state index in [1.165, 1.54) is 33.4 Å². The lowest BCUT2D eigenvalue weighted by atomic mass is 10.1. The van der Waals surface area contributed by atoms with E-state index < -0.39 is 0 Å². The number of phenols is 1. The molecule has 0 saturated heterocycles. The predicted molar refractivity (Wildman–Crippen MR) is 115 cm³/mol. The summed E-state index contributed by atoms with van der Waals surface area (Å²) >= 11 is 7.41. The van der Waals surface area contributed by atoms with Crippen molar-refractivity contribution in [1.29, 1.82) is 5.41 Å². The number of phenolic OH excluding ortho intramolecular Hbond substituents is 1. The number of aryl methyl sites for hydroxylation is 2. The van der Waals surface area contributed by atoms with E-state index >= 15 is 0 Å². The lowest BCUT2D eigenvalue weighted by Gasteiger charge is -2.19. The maximum atomic E-state index is 10.5. The highest BCUT2D eigenvalue weighted by molar-refractivity contribution is 7.11. The number of aromatic nitrogens is 1. The Bertz CT molecular complexity index is 1140. The first-order valence-corrected chi connectivity index (χ1v) is 9.91. The van der Waals surface area contributed by atoms with Gasteiger partial charge in [-0.25, -0.2) is 4.98 Å². The van der Waals surface area contributed by atoms with Crippen molar-refractivity contribution in [2.24, 2.45) is 0 Å². The SMILES string of the molecule is Cc1ccc(-c2csc(C3=C(O)CN(c4cc(Cl)ccc4O)C3=N)n2)cc1C. The molecule has 0 atom stereocenters. The van der Waals surface area contributed by atoms with Crippen molar-refractivity contribution in [3.8, 4) is 17.0 Å². The lowest BCUT2D eigenvalue weighted by Crippen LogP contribution is -2.26. The van der Waals surface area contributed by atoms with Gasteiger partial charge >= 0.3 is 0 Å². The van der Waals surface area contributed by atoms with Crippen LogP contribution in [0.15, 0.2) is 47.5 Å². The molecule has 1 aliphatic heterocycles. The molecule has 2 aromatic carbocycles. The van der Waals surface area contributed by atoms with Gasteiger partial charge in [0.25, 0.3) is 0 Å². The molecule has 0 spiro atoms. The fraction of sp³-hybridized carbons (Fsp3) is 0.143. The fourth-order valence-electron chi connectivity index (χ4n) is 3.14. The second-order valence-corrected chi connectivity index (χ2v) is 8.02. The van der Waals surface area contributed by atoms with E-state index in [0.717, 1.165) is 11.3 Å². The van der Waals surface area contributed by atoms with Crippen LogP contribution in [-0.2, 0) is 0 Å². The van der Waals surface area contributed by atoms with Crippen molar-refractivity contribution in [2.75, 3.05) is 11.4 Å². The summed E-state index contributed by atoms with van der Waals surface area (Å²) in [5.74, 6) is 0.125. The average Bonchev–Trinajstić information content (AvgIpc) is 3.24. The van der Waals surface area contributed by atoms with Crippen molar-refractivity contribution in [2.45, 2.75) is 13.8 Å². The molecule has 7 heteroatoms. The van der Waals surface area contributed by atoms with Gasteiger partial charge < -0.3 is 15.1 Å². The third-order valence-electron chi connectivity index (χ3n) is 4.85. The zero-order valence-electron chi connectivity index (χ0n) is 15.3. The molecule has 0 unspecified atom stereocenters. The predicted octanol–water partition coefficient (Wildman–Crippen LogP) is 5.55. The van der Waals surface area contributed by atoms with E-state index in [2.05, 4.69) is 31.0 Å². The number of hydrogen-bond donors (Lipinski definition) is 3. The maximum absolute atomic E-state index is 10.5. The Labute approximate surface area is 171 Å². The van der Waals surface area contributed by atoms with Gasteiger partial charge in [-0.1, -0.05) is 23.7 Å². The summed E-state index contributed by atoms with van der Waals surface area (Å²) in [6.45, 7) is 4.21. The first kappa shape index (κ1) is 18.5. The summed E-state index contributed by atoms with van der Waals surface area (Å²) in [6, 6.07) is 10.8. The lowest BCUT2D eigenvalue weighted by molar-refractivity contribution is 0.411. The van der Waals surface area contributed by atoms with Crippen LogP contribution in [0.5, 0.6) is 5.75 Å². The zero-order valence-corrected chi connectivity index (χ0v) is 16.9. The Morgan fingerprint density at radius 3 is 2.64 bits per heavy atom. The number of nitrogens with zero attached hydrogens (tertiary/aromatic N) is 2. The Morgan fingerprint density at radius 2 is 1.89 bits per heavy atom. The van der Waals surface area contributed by atoms with Gasteiger partial charge in [-0.15, -0.1) is 11.3 Å². The molecule has 1 aliphatic rings. The van der Waals surface area contributed by atoms with Crippen molar-refractivity contribution < 1.29 is 10.2 Å². The first-order chi connectivity index (χ1) is 13.3. The molecule has 28 heavy (non-hydrogen) atoms. The van der Waals surface area contributed by atoms with Crippen molar-refractivity contribution >= 4 is 40.0 Å². The van der Waals surface area contributed by atoms with Gasteiger partial charge in [0.2, 0.25) is 0 Å². The van der Waals surface area contributed by atoms with E-state index in [0.29, 0.717) is 21.3 Å². The van der Waals surface area contributed by atoms with E-state index in [-0.39, 0.29) is 23.9 Å². The van der Waals surface area contributed by atoms with Gasteiger partial charge in [0.1, 0.15) is 22.4 Å². The number of aliphatic hydroxyl groups excluding tert-OH is 1. The van der Waals surface area contributed by atoms with Crippen LogP contribution >= 0.6 is 22.9 Å². The van der Waals surface area contributed by atoms with Crippen molar-refractivity contribution in [3.05, 3.63) is 68.7 Å². The molecule has 142 valence electrons. The molecule has 4 rings (SSSR count). The van der Waals surface area contributed by atoms with Crippen LogP contribution in [0, 0.1) is 19.3 Å². The third kappa shape index (κ3) is 3.15. The zero-order chi connectivity index (χ0) is 20.0. The van der Waals surface area contributed by atoms with Gasteiger partial charge in [-0.2, -0.15) is 0 Å². The second kappa shape index (κ2) is 6.96. The smallest absolute Gasteiger partial charge is 0.139 e. The summed E-state index contributed by atoms with van der Waals surface area (Å²) < 4.78 is 0. The standard InChI is InChI=1S/C21H18ClN3O2S/c1-11-3-4-13(7-12(11)2)15-10-28-21(24-15)19-18(27)9-25(20(19)23)16-8-14(22)5-6-17(16)26/h3-8,10,23,26-27H,9H2,1-2H3. The Morgan fingerprint density at radius 1 is 1.11 bits per heavy atom. The number of amidine groups is 1. The number of anilines is 1. The van der Waals surface area contributed by atoms with E-state index in [4.69, 9.17) is 17.0 Å². The average molecular weight is 412 g/mol. The molecule has 0 amide bonds. The monoisotopic (exact) mass is 411 g/mol. The number of aliphatic hydroxyl groups is 1. The van der Waals surface area contributed by atoms with Crippen molar-refractivity contribution in [3.63, 3.8) is 0 Å². The number of nitrogens with one attached hydrogen (secondary N) is 1. The van der Waals surface area contributed by atoms with Gasteiger partial charge in [-0.05, 0) is 49.2 Å². The minimum atomic E-state index is -0.00171. The highest BCUT2D eigenvalue weighted by atomic mass is 35.5. The molecule has 3 aromatic rings. The van der Waals surface area contributed by atoms with Crippen LogP contribution in [0.3, 0.4) is 0 Å². The minimum Gasteiger partial charge on any atom is -0.510 e. The first-order valence-electron chi connectivity index (χ1n) is 8.65. The highest BCUT2D eigenvalue weighted by Gasteiger charge is 2.32. The fourth-order valence-corrected chi connectivity index (χ4v) is 4.21. The molecule has 0 radical (unpaired) electrons. The second-order valence-electron chi connectivity index (χ2n) is 6.73. The minimum absolute atomic E-state index is 0.00171. The van der Waals surface area contributed by atoms with E-state index in [9.17, 15) is 10.2 Å². The number of aromatic hydroxyl groups is 1. The third-order valence-corrected chi connectivity index (χ3v) is 5.95. The van der Waals surface area contributed by atoms with Crippen LogP contribution < -0.4 is 4.90 Å². The van der Waals surface area contributed by atoms with E-state index in [1.807, 2.05) is 11.4 Å². The normalized spacial score (nSPS) is 14.2. The summed E-state index contributed by atoms with van der Waals surface area (Å²) in [7, 11) is 0. The number of rotatable bonds is 3. The Kier molecular flexibility index (Phi) is 4.61. The largest absolute Gasteiger partial charge is 0.510 e. The molecule has 3 N–H and O–H groups in total. The molecule has 0 bridgehead atoms. The van der Waals surface area contributed by atoms with Crippen LogP contribution in [-0.4, -0.2) is 27.6 Å². The summed E-state index contributed by atoms with van der Waals surface area (Å²) in [5, 5.41) is 32.1. The van der Waals surface area contributed by atoms with Crippen LogP contribution in [0.2, 0.25) is 5.02 Å². The van der Waals surface area contributed by atoms with Gasteiger partial charge in [0.15, 0.2) is 0 Å². The number of halogens is 1. The molecule has 2 heterocycles. The quantitative estimate of drug-likeness (QED) is 0.527. The highest BCUT2D eigenvalue weighted by Crippen LogP contribution is 2.38. The number of hydrogen-bond acceptors (Lipinski definition) is 5. The molecule has 0 fully saturated rings. The van der Waals surface area contributed by atoms with Gasteiger partial charge in [-0.3, -0.25) is 5.41 Å². The summed E-state index contributed by atoms with van der Waals surface area (Å²) in [6.07, 6.45) is 0. The molecule has 1 aromatic heterocycles. The van der Waals surface area contributed by atoms with Crippen molar-refractivity contribution in [1.82, 2.24) is 4.98 Å². The number of benzene rings is 2. The Balaban J connectivity index is 1.67. The van der Waals surface area contributed by atoms with Crippen LogP contribution in [0.4, 0.5) is 5.69 Å². The summed E-state index contributed by atoms with van der Waals surface area (Å²) in [4.78, 5) is 6.16. The summed E-state index contributed by atoms with van der Waals surface area (Å²) in [5.41, 5.74) is 4.96. The van der Waals surface area contributed by atoms with Crippen LogP contribution in [0.25, 0.3) is 16.8 Å². The topological polar surface area (TPSA) is 80.4 Å². The van der Waals surface area contributed by atoms with Gasteiger partial charge in [0.05, 0.1) is 23.5 Å².